The van der Waals surface area contributed by atoms with Gasteiger partial charge in [-0.25, -0.2) is 14.8 Å². The van der Waals surface area contributed by atoms with E-state index in [1.807, 2.05) is 55.0 Å². The van der Waals surface area contributed by atoms with Crippen LogP contribution in [0.15, 0.2) is 110 Å². The Kier molecular flexibility index (Phi) is 19.8. The first-order chi connectivity index (χ1) is 35.3. The summed E-state index contributed by atoms with van der Waals surface area (Å²) in [6.45, 7) is 0. The number of carbonyl (C=O) groups excluding carboxylic acids is 3. The maximum atomic E-state index is 12.5. The number of rotatable bonds is 9. The molecule has 384 valence electrons. The number of amides is 1. The summed E-state index contributed by atoms with van der Waals surface area (Å²) in [4.78, 5) is 62.6. The number of carboxylic acid groups (broad SMARTS) is 1. The predicted molar refractivity (Wildman–Crippen MR) is 301 cm³/mol. The molecule has 17 nitrogen and oxygen atoms in total. The van der Waals surface area contributed by atoms with Crippen molar-refractivity contribution in [2.24, 2.45) is 5.73 Å². The van der Waals surface area contributed by atoms with E-state index in [1.165, 1.54) is 70.3 Å². The standard InChI is InChI=1S/C25H23ClN6O2S2.C21H18ClN5O2S.C4H7NOS.ClH/c26-19-11-16(23(33)29-20-8-10-36-24(20)34)12-28-22(19)31-32-25(35)30-21-17-4-2-1-3-14(17)5-6-15-7-9-27-13-18(15)21;22-17-9-14(20(28)29)10-24-19(17)26-27-21(30)25-18-15-4-2-1-3-12(15)5-6-13-7-8-23-11-16(13)18;5-3-1-2-7-4(3)6;/h1-4,7,9,11-13,20-21H,5-6,8,10H2,(H,28,31)(H,29,33)(H2,30,32,35);1-4,7-11,18H,5-6H2,(H,24,26)(H,28,29)(H2,25,27,30);3H,1-2,5H2;1H. The Bertz CT molecular complexity index is 2980. The third-order valence-electron chi connectivity index (χ3n) is 12.1. The second-order valence-corrected chi connectivity index (χ2v) is 20.6. The first-order valence-electron chi connectivity index (χ1n) is 22.9. The van der Waals surface area contributed by atoms with Crippen LogP contribution in [0.25, 0.3) is 0 Å². The van der Waals surface area contributed by atoms with Crippen molar-refractivity contribution < 1.29 is 24.3 Å². The van der Waals surface area contributed by atoms with E-state index in [2.05, 4.69) is 81.9 Å². The summed E-state index contributed by atoms with van der Waals surface area (Å²) in [5.41, 5.74) is 26.6. The van der Waals surface area contributed by atoms with Gasteiger partial charge in [-0.1, -0.05) is 95.3 Å². The maximum absolute atomic E-state index is 12.5. The second-order valence-electron chi connectivity index (χ2n) is 16.8. The molecule has 1 amide bonds. The highest BCUT2D eigenvalue weighted by atomic mass is 35.5. The van der Waals surface area contributed by atoms with Gasteiger partial charge in [0, 0.05) is 59.8 Å². The number of halogens is 3. The van der Waals surface area contributed by atoms with Crippen molar-refractivity contribution >= 4 is 128 Å². The summed E-state index contributed by atoms with van der Waals surface area (Å²) in [7, 11) is 0. The zero-order valence-electron chi connectivity index (χ0n) is 39.1. The Hall–Kier alpha value is -6.17. The molecule has 10 N–H and O–H groups in total. The first-order valence-corrected chi connectivity index (χ1v) is 26.5. The molecule has 2 aliphatic heterocycles. The number of hydrogen-bond donors (Lipinski definition) is 9. The van der Waals surface area contributed by atoms with Gasteiger partial charge in [-0.2, -0.15) is 0 Å². The van der Waals surface area contributed by atoms with Crippen LogP contribution in [0.4, 0.5) is 11.6 Å². The van der Waals surface area contributed by atoms with Gasteiger partial charge in [-0.15, -0.1) is 12.4 Å². The number of anilines is 2. The molecule has 4 unspecified atom stereocenters. The molecule has 0 saturated carbocycles. The number of aromatic nitrogens is 4. The Balaban J connectivity index is 0.000000191. The van der Waals surface area contributed by atoms with Gasteiger partial charge in [0.15, 0.2) is 21.9 Å². The van der Waals surface area contributed by atoms with Crippen LogP contribution in [-0.2, 0) is 35.3 Å². The van der Waals surface area contributed by atoms with Crippen molar-refractivity contribution in [2.75, 3.05) is 22.4 Å². The van der Waals surface area contributed by atoms with Crippen molar-refractivity contribution in [3.63, 3.8) is 0 Å². The van der Waals surface area contributed by atoms with Crippen LogP contribution in [-0.4, -0.2) is 81.0 Å². The molecule has 2 aromatic carbocycles. The van der Waals surface area contributed by atoms with Crippen LogP contribution in [0.5, 0.6) is 0 Å². The number of carboxylic acids is 1. The lowest BCUT2D eigenvalue weighted by molar-refractivity contribution is -0.112. The van der Waals surface area contributed by atoms with Crippen LogP contribution in [0, 0.1) is 0 Å². The number of aryl methyl sites for hydroxylation is 4. The normalized spacial score (nSPS) is 17.9. The number of fused-ring (bicyclic) bond motifs is 4. The lowest BCUT2D eigenvalue weighted by Gasteiger charge is -2.23. The fourth-order valence-electron chi connectivity index (χ4n) is 8.36. The monoisotopic (exact) mass is 1130 g/mol. The Labute approximate surface area is 461 Å². The van der Waals surface area contributed by atoms with E-state index in [1.54, 1.807) is 6.20 Å². The van der Waals surface area contributed by atoms with E-state index < -0.39 is 12.0 Å². The van der Waals surface area contributed by atoms with E-state index in [-0.39, 0.29) is 73.7 Å². The molecule has 2 aliphatic carbocycles. The molecule has 0 radical (unpaired) electrons. The van der Waals surface area contributed by atoms with E-state index in [9.17, 15) is 19.2 Å². The minimum atomic E-state index is -1.10. The number of thioether (sulfide) groups is 2. The zero-order valence-corrected chi connectivity index (χ0v) is 44.7. The van der Waals surface area contributed by atoms with Crippen LogP contribution in [0.1, 0.15) is 90.1 Å². The van der Waals surface area contributed by atoms with Gasteiger partial charge < -0.3 is 26.8 Å². The molecular weight excluding hydrogens is 1080 g/mol. The summed E-state index contributed by atoms with van der Waals surface area (Å²) in [5, 5.41) is 19.7. The molecule has 4 aliphatic rings. The quantitative estimate of drug-likeness (QED) is 0.0503. The number of benzene rings is 2. The molecule has 0 spiro atoms. The molecule has 2 saturated heterocycles. The molecule has 6 aromatic rings. The number of pyridine rings is 4. The Morgan fingerprint density at radius 1 is 0.622 bits per heavy atom. The van der Waals surface area contributed by atoms with Crippen molar-refractivity contribution in [1.29, 1.82) is 0 Å². The number of hydrazine groups is 2. The van der Waals surface area contributed by atoms with Gasteiger partial charge in [0.1, 0.15) is 0 Å². The zero-order chi connectivity index (χ0) is 51.4. The van der Waals surface area contributed by atoms with Gasteiger partial charge in [0.25, 0.3) is 5.91 Å². The highest BCUT2D eigenvalue weighted by molar-refractivity contribution is 8.14. The fourth-order valence-corrected chi connectivity index (χ4v) is 11.0. The van der Waals surface area contributed by atoms with Crippen LogP contribution >= 0.6 is 83.6 Å². The predicted octanol–water partition coefficient (Wildman–Crippen LogP) is 7.48. The molecule has 0 bridgehead atoms. The number of aromatic carboxylic acids is 1. The minimum Gasteiger partial charge on any atom is -0.478 e. The fraction of sp³-hybridized carbons (Fsp3) is 0.240. The van der Waals surface area contributed by atoms with E-state index in [4.69, 9.17) is 58.5 Å². The van der Waals surface area contributed by atoms with E-state index >= 15 is 0 Å². The van der Waals surface area contributed by atoms with Crippen molar-refractivity contribution in [2.45, 2.75) is 62.7 Å². The summed E-state index contributed by atoms with van der Waals surface area (Å²) < 4.78 is 0. The van der Waals surface area contributed by atoms with Crippen LogP contribution in [0.2, 0.25) is 10.0 Å². The topological polar surface area (TPSA) is 250 Å². The third kappa shape index (κ3) is 14.2. The van der Waals surface area contributed by atoms with Crippen molar-refractivity contribution in [1.82, 2.24) is 46.7 Å². The molecule has 4 aromatic heterocycles. The SMILES string of the molecule is Cl.NC1CCSC1=O.O=C(NC1CCSC1=O)c1cnc(NNC(=S)NC2c3ccccc3CCc3ccncc32)c(Cl)c1.O=C(O)c1cnc(NNC(=S)NC2c3ccccc3CCc3ccncc32)c(Cl)c1. The minimum absolute atomic E-state index is 0. The smallest absolute Gasteiger partial charge is 0.337 e. The average Bonchev–Trinajstić information content (AvgIpc) is 3.89. The summed E-state index contributed by atoms with van der Waals surface area (Å²) in [6, 6.07) is 22.5. The molecule has 4 atom stereocenters. The number of nitrogens with two attached hydrogens (primary N) is 1. The van der Waals surface area contributed by atoms with Crippen LogP contribution in [0.3, 0.4) is 0 Å². The summed E-state index contributed by atoms with van der Waals surface area (Å²) in [5.74, 6) is 0.726. The first kappa shape index (κ1) is 55.6. The van der Waals surface area contributed by atoms with Gasteiger partial charge in [0.05, 0.1) is 45.3 Å². The third-order valence-corrected chi connectivity index (χ3v) is 15.2. The maximum Gasteiger partial charge on any atom is 0.337 e. The highest BCUT2D eigenvalue weighted by Crippen LogP contribution is 2.34. The molecule has 10 rings (SSSR count). The largest absolute Gasteiger partial charge is 0.478 e. The van der Waals surface area contributed by atoms with Crippen molar-refractivity contribution in [3.8, 4) is 0 Å². The molecule has 6 heterocycles. The number of hydrogen-bond acceptors (Lipinski definition) is 15. The number of carbonyl (C=O) groups is 4. The lowest BCUT2D eigenvalue weighted by atomic mass is 9.96. The number of nitrogens with one attached hydrogen (secondary N) is 7. The summed E-state index contributed by atoms with van der Waals surface area (Å²) in [6.07, 6.45) is 15.2. The van der Waals surface area contributed by atoms with Gasteiger partial charge >= 0.3 is 5.97 Å². The molecule has 2 fully saturated rings. The number of nitrogens with zero attached hydrogens (tertiary/aromatic N) is 4. The molecule has 24 heteroatoms. The van der Waals surface area contributed by atoms with Gasteiger partial charge in [-0.05, 0) is 121 Å². The summed E-state index contributed by atoms with van der Waals surface area (Å²) >= 11 is 26.1. The Morgan fingerprint density at radius 3 is 1.51 bits per heavy atom. The van der Waals surface area contributed by atoms with Crippen LogP contribution < -0.4 is 43.4 Å². The van der Waals surface area contributed by atoms with E-state index in [0.29, 0.717) is 28.2 Å². The molecule has 74 heavy (non-hydrogen) atoms. The Morgan fingerprint density at radius 2 is 1.08 bits per heavy atom. The van der Waals surface area contributed by atoms with E-state index in [0.717, 1.165) is 60.1 Å². The lowest BCUT2D eigenvalue weighted by Crippen LogP contribution is -2.41. The van der Waals surface area contributed by atoms with Crippen molar-refractivity contribution in [3.05, 3.63) is 176 Å². The van der Waals surface area contributed by atoms with Gasteiger partial charge in [-0.3, -0.25) is 46.1 Å². The number of thiocarbonyl (C=S) groups is 2. The highest BCUT2D eigenvalue weighted by Gasteiger charge is 2.29. The molecular formula is C50H49Cl3N12O5S4. The second kappa shape index (κ2) is 26.4. The van der Waals surface area contributed by atoms with Gasteiger partial charge in [0.2, 0.25) is 10.2 Å². The average molecular weight is 1130 g/mol.